The molecule has 1 unspecified atom stereocenters. The number of esters is 1. The molecule has 0 aliphatic carbocycles. The Bertz CT molecular complexity index is 544. The highest BCUT2D eigenvalue weighted by molar-refractivity contribution is 5.98. The summed E-state index contributed by atoms with van der Waals surface area (Å²) < 4.78 is 10.2. The van der Waals surface area contributed by atoms with Crippen LogP contribution < -0.4 is 10.5 Å². The van der Waals surface area contributed by atoms with E-state index in [-0.39, 0.29) is 11.9 Å². The molecule has 1 saturated heterocycles. The fourth-order valence-corrected chi connectivity index (χ4v) is 2.50. The van der Waals surface area contributed by atoms with Crippen molar-refractivity contribution in [2.75, 3.05) is 26.0 Å². The van der Waals surface area contributed by atoms with E-state index in [0.717, 1.165) is 6.42 Å². The highest BCUT2D eigenvalue weighted by Crippen LogP contribution is 2.26. The first-order chi connectivity index (χ1) is 10.1. The zero-order valence-corrected chi connectivity index (χ0v) is 12.3. The Hall–Kier alpha value is -2.24. The van der Waals surface area contributed by atoms with Gasteiger partial charge >= 0.3 is 5.97 Å². The van der Waals surface area contributed by atoms with E-state index in [2.05, 4.69) is 0 Å². The largest absolute Gasteiger partial charge is 0.495 e. The van der Waals surface area contributed by atoms with E-state index in [1.807, 2.05) is 0 Å². The van der Waals surface area contributed by atoms with Crippen molar-refractivity contribution in [3.8, 4) is 5.75 Å². The van der Waals surface area contributed by atoms with Crippen LogP contribution in [-0.2, 0) is 9.53 Å². The molecule has 1 aliphatic heterocycles. The Morgan fingerprint density at radius 1 is 1.43 bits per heavy atom. The number of nitrogens with zero attached hydrogens (tertiary/aromatic N) is 1. The molecule has 2 rings (SSSR count). The van der Waals surface area contributed by atoms with E-state index in [1.165, 1.54) is 7.11 Å². The first-order valence-electron chi connectivity index (χ1n) is 6.99. The summed E-state index contributed by atoms with van der Waals surface area (Å²) in [5.41, 5.74) is 6.67. The summed E-state index contributed by atoms with van der Waals surface area (Å²) in [6.07, 6.45) is 1.43. The summed E-state index contributed by atoms with van der Waals surface area (Å²) >= 11 is 0. The van der Waals surface area contributed by atoms with Crippen LogP contribution in [0.5, 0.6) is 5.75 Å². The minimum absolute atomic E-state index is 0.205. The van der Waals surface area contributed by atoms with Gasteiger partial charge in [-0.3, -0.25) is 4.79 Å². The van der Waals surface area contributed by atoms with Gasteiger partial charge in [0.05, 0.1) is 19.4 Å². The zero-order valence-electron chi connectivity index (χ0n) is 12.3. The second-order valence-electron chi connectivity index (χ2n) is 4.87. The molecule has 2 N–H and O–H groups in total. The fourth-order valence-electron chi connectivity index (χ4n) is 2.50. The molecule has 0 aromatic heterocycles. The average Bonchev–Trinajstić information content (AvgIpc) is 2.96. The molecule has 1 heterocycles. The summed E-state index contributed by atoms with van der Waals surface area (Å²) in [5, 5.41) is 0. The summed E-state index contributed by atoms with van der Waals surface area (Å²) in [6, 6.07) is 4.36. The number of methoxy groups -OCH3 is 1. The van der Waals surface area contributed by atoms with Crippen LogP contribution in [0.25, 0.3) is 0 Å². The Kier molecular flexibility index (Phi) is 4.67. The van der Waals surface area contributed by atoms with Crippen molar-refractivity contribution in [2.45, 2.75) is 25.8 Å². The number of carbonyl (C=O) groups excluding carboxylic acids is 2. The van der Waals surface area contributed by atoms with Gasteiger partial charge in [0, 0.05) is 12.1 Å². The van der Waals surface area contributed by atoms with Gasteiger partial charge in [-0.25, -0.2) is 4.79 Å². The summed E-state index contributed by atoms with van der Waals surface area (Å²) in [4.78, 5) is 26.0. The summed E-state index contributed by atoms with van der Waals surface area (Å²) in [6.45, 7) is 2.62. The maximum Gasteiger partial charge on any atom is 0.328 e. The lowest BCUT2D eigenvalue weighted by atomic mass is 10.1. The van der Waals surface area contributed by atoms with Crippen LogP contribution in [0.2, 0.25) is 0 Å². The molecule has 0 saturated carbocycles. The fraction of sp³-hybridized carbons (Fsp3) is 0.467. The number of anilines is 1. The van der Waals surface area contributed by atoms with E-state index < -0.39 is 6.04 Å². The standard InChI is InChI=1S/C15H20N2O4/c1-3-21-15(19)12-5-4-8-17(12)14(18)10-6-7-11(16)13(9-10)20-2/h6-7,9,12H,3-5,8,16H2,1-2H3. The highest BCUT2D eigenvalue weighted by Gasteiger charge is 2.35. The summed E-state index contributed by atoms with van der Waals surface area (Å²) in [5.74, 6) is -0.0951. The van der Waals surface area contributed by atoms with Crippen molar-refractivity contribution in [3.63, 3.8) is 0 Å². The minimum atomic E-state index is -0.499. The lowest BCUT2D eigenvalue weighted by Crippen LogP contribution is -2.41. The molecule has 1 atom stereocenters. The van der Waals surface area contributed by atoms with Gasteiger partial charge in [-0.05, 0) is 38.0 Å². The third-order valence-electron chi connectivity index (χ3n) is 3.55. The van der Waals surface area contributed by atoms with E-state index >= 15 is 0 Å². The molecule has 0 spiro atoms. The molecule has 0 radical (unpaired) electrons. The lowest BCUT2D eigenvalue weighted by Gasteiger charge is -2.23. The summed E-state index contributed by atoms with van der Waals surface area (Å²) in [7, 11) is 1.50. The van der Waals surface area contributed by atoms with Crippen LogP contribution in [0.1, 0.15) is 30.1 Å². The number of likely N-dealkylation sites (tertiary alicyclic amines) is 1. The molecule has 6 nitrogen and oxygen atoms in total. The molecule has 1 aromatic rings. The number of benzene rings is 1. The van der Waals surface area contributed by atoms with E-state index in [9.17, 15) is 9.59 Å². The predicted molar refractivity (Wildman–Crippen MR) is 78.1 cm³/mol. The molecule has 1 aromatic carbocycles. The molecule has 1 fully saturated rings. The molecule has 114 valence electrons. The van der Waals surface area contributed by atoms with Crippen LogP contribution in [-0.4, -0.2) is 43.1 Å². The van der Waals surface area contributed by atoms with Crippen LogP contribution >= 0.6 is 0 Å². The second-order valence-corrected chi connectivity index (χ2v) is 4.87. The lowest BCUT2D eigenvalue weighted by molar-refractivity contribution is -0.147. The van der Waals surface area contributed by atoms with Gasteiger partial charge in [-0.1, -0.05) is 0 Å². The number of rotatable bonds is 4. The van der Waals surface area contributed by atoms with Gasteiger partial charge in [0.2, 0.25) is 0 Å². The highest BCUT2D eigenvalue weighted by atomic mass is 16.5. The minimum Gasteiger partial charge on any atom is -0.495 e. The topological polar surface area (TPSA) is 81.9 Å². The molecule has 1 aliphatic rings. The smallest absolute Gasteiger partial charge is 0.328 e. The number of amides is 1. The number of nitrogens with two attached hydrogens (primary N) is 1. The van der Waals surface area contributed by atoms with Crippen LogP contribution in [0.15, 0.2) is 18.2 Å². The van der Waals surface area contributed by atoms with Gasteiger partial charge in [-0.15, -0.1) is 0 Å². The van der Waals surface area contributed by atoms with Gasteiger partial charge in [-0.2, -0.15) is 0 Å². The monoisotopic (exact) mass is 292 g/mol. The van der Waals surface area contributed by atoms with Gasteiger partial charge in [0.15, 0.2) is 0 Å². The third kappa shape index (κ3) is 3.09. The number of carbonyl (C=O) groups is 2. The maximum atomic E-state index is 12.6. The number of hydrogen-bond acceptors (Lipinski definition) is 5. The van der Waals surface area contributed by atoms with Crippen molar-refractivity contribution in [1.29, 1.82) is 0 Å². The first kappa shape index (κ1) is 15.2. The normalized spacial score (nSPS) is 17.6. The average molecular weight is 292 g/mol. The first-order valence-corrected chi connectivity index (χ1v) is 6.99. The third-order valence-corrected chi connectivity index (χ3v) is 3.55. The van der Waals surface area contributed by atoms with E-state index in [4.69, 9.17) is 15.2 Å². The predicted octanol–water partition coefficient (Wildman–Crippen LogP) is 1.45. The molecular formula is C15H20N2O4. The molecular weight excluding hydrogens is 272 g/mol. The Morgan fingerprint density at radius 3 is 2.86 bits per heavy atom. The maximum absolute atomic E-state index is 12.6. The number of nitrogen functional groups attached to an aromatic ring is 1. The van der Waals surface area contributed by atoms with E-state index in [1.54, 1.807) is 30.0 Å². The van der Waals surface area contributed by atoms with Crippen LogP contribution in [0, 0.1) is 0 Å². The number of hydrogen-bond donors (Lipinski definition) is 1. The molecule has 0 bridgehead atoms. The van der Waals surface area contributed by atoms with Crippen LogP contribution in [0.3, 0.4) is 0 Å². The van der Waals surface area contributed by atoms with Gasteiger partial charge in [0.25, 0.3) is 5.91 Å². The van der Waals surface area contributed by atoms with Crippen molar-refractivity contribution in [2.24, 2.45) is 0 Å². The van der Waals surface area contributed by atoms with Crippen LogP contribution in [0.4, 0.5) is 5.69 Å². The Balaban J connectivity index is 2.20. The Morgan fingerprint density at radius 2 is 2.19 bits per heavy atom. The molecule has 21 heavy (non-hydrogen) atoms. The number of ether oxygens (including phenoxy) is 2. The SMILES string of the molecule is CCOC(=O)C1CCCN1C(=O)c1ccc(N)c(OC)c1. The van der Waals surface area contributed by atoms with Gasteiger partial charge < -0.3 is 20.1 Å². The molecule has 6 heteroatoms. The quantitative estimate of drug-likeness (QED) is 0.671. The Labute approximate surface area is 123 Å². The van der Waals surface area contributed by atoms with Crippen molar-refractivity contribution in [3.05, 3.63) is 23.8 Å². The zero-order chi connectivity index (χ0) is 15.4. The van der Waals surface area contributed by atoms with Crippen molar-refractivity contribution >= 4 is 17.6 Å². The second kappa shape index (κ2) is 6.47. The molecule has 1 amide bonds. The van der Waals surface area contributed by atoms with E-state index in [0.29, 0.717) is 36.6 Å². The van der Waals surface area contributed by atoms with Crippen molar-refractivity contribution in [1.82, 2.24) is 4.90 Å². The van der Waals surface area contributed by atoms with Crippen molar-refractivity contribution < 1.29 is 19.1 Å². The van der Waals surface area contributed by atoms with Gasteiger partial charge in [0.1, 0.15) is 11.8 Å².